The summed E-state index contributed by atoms with van der Waals surface area (Å²) in [5.41, 5.74) is 1.58. The van der Waals surface area contributed by atoms with Crippen LogP contribution in [0.15, 0.2) is 60.9 Å². The number of para-hydroxylation sites is 1. The van der Waals surface area contributed by atoms with Gasteiger partial charge in [0.2, 0.25) is 5.95 Å². The number of halogens is 2. The van der Waals surface area contributed by atoms with Crippen LogP contribution in [0.3, 0.4) is 0 Å². The molecule has 0 radical (unpaired) electrons. The fourth-order valence-electron chi connectivity index (χ4n) is 3.27. The van der Waals surface area contributed by atoms with Crippen molar-refractivity contribution >= 4 is 29.0 Å². The Morgan fingerprint density at radius 3 is 2.00 bits per heavy atom. The second-order valence-electron chi connectivity index (χ2n) is 6.82. The second kappa shape index (κ2) is 8.73. The molecule has 3 aromatic rings. The topological polar surface area (TPSA) is 73.4 Å². The van der Waals surface area contributed by atoms with E-state index < -0.39 is 17.7 Å². The van der Waals surface area contributed by atoms with Crippen LogP contribution >= 0.6 is 0 Å². The third-order valence-electron chi connectivity index (χ3n) is 4.70. The van der Waals surface area contributed by atoms with Crippen LogP contribution in [0.1, 0.15) is 0 Å². The Bertz CT molecular complexity index is 988. The van der Waals surface area contributed by atoms with E-state index in [-0.39, 0.29) is 5.69 Å². The van der Waals surface area contributed by atoms with Crippen LogP contribution in [0.25, 0.3) is 0 Å². The number of anilines is 4. The van der Waals surface area contributed by atoms with Gasteiger partial charge < -0.3 is 20.4 Å². The van der Waals surface area contributed by atoms with Gasteiger partial charge in [0.15, 0.2) is 0 Å². The van der Waals surface area contributed by atoms with Crippen LogP contribution in [-0.4, -0.2) is 42.2 Å². The maximum Gasteiger partial charge on any atom is 0.323 e. The van der Waals surface area contributed by atoms with E-state index in [9.17, 15) is 13.6 Å². The van der Waals surface area contributed by atoms with E-state index in [0.29, 0.717) is 11.6 Å². The van der Waals surface area contributed by atoms with Crippen LogP contribution in [0.2, 0.25) is 0 Å². The van der Waals surface area contributed by atoms with Gasteiger partial charge in [-0.25, -0.2) is 23.5 Å². The minimum absolute atomic E-state index is 0.0128. The van der Waals surface area contributed by atoms with E-state index in [4.69, 9.17) is 0 Å². The summed E-state index contributed by atoms with van der Waals surface area (Å²) in [6, 6.07) is 12.4. The molecule has 0 bridgehead atoms. The van der Waals surface area contributed by atoms with Gasteiger partial charge in [-0.2, -0.15) is 0 Å². The van der Waals surface area contributed by atoms with Crippen molar-refractivity contribution < 1.29 is 13.6 Å². The first-order chi connectivity index (χ1) is 14.6. The van der Waals surface area contributed by atoms with Crippen molar-refractivity contribution in [1.29, 1.82) is 0 Å². The number of hydrogen-bond donors (Lipinski definition) is 2. The molecule has 1 aliphatic rings. The number of aromatic nitrogens is 2. The monoisotopic (exact) mass is 410 g/mol. The molecule has 4 rings (SSSR count). The average molecular weight is 410 g/mol. The summed E-state index contributed by atoms with van der Waals surface area (Å²) >= 11 is 0. The number of nitrogens with one attached hydrogen (secondary N) is 2. The van der Waals surface area contributed by atoms with Crippen LogP contribution < -0.4 is 20.4 Å². The Morgan fingerprint density at radius 1 is 0.800 bits per heavy atom. The van der Waals surface area contributed by atoms with Crippen molar-refractivity contribution in [3.63, 3.8) is 0 Å². The molecule has 0 unspecified atom stereocenters. The zero-order chi connectivity index (χ0) is 20.9. The molecule has 1 saturated heterocycles. The minimum atomic E-state index is -0.773. The molecule has 0 aliphatic carbocycles. The first kappa shape index (κ1) is 19.6. The number of piperazine rings is 1. The maximum absolute atomic E-state index is 13.2. The van der Waals surface area contributed by atoms with Gasteiger partial charge in [0.25, 0.3) is 0 Å². The van der Waals surface area contributed by atoms with Crippen LogP contribution in [0.4, 0.5) is 36.6 Å². The molecule has 1 fully saturated rings. The van der Waals surface area contributed by atoms with Crippen LogP contribution in [0.5, 0.6) is 0 Å². The van der Waals surface area contributed by atoms with Crippen molar-refractivity contribution in [3.05, 3.63) is 72.6 Å². The van der Waals surface area contributed by atoms with Crippen molar-refractivity contribution in [2.24, 2.45) is 0 Å². The van der Waals surface area contributed by atoms with Gasteiger partial charge in [0, 0.05) is 43.6 Å². The summed E-state index contributed by atoms with van der Waals surface area (Å²) in [7, 11) is 0. The van der Waals surface area contributed by atoms with Crippen LogP contribution in [0, 0.1) is 11.6 Å². The van der Waals surface area contributed by atoms with Crippen LogP contribution in [-0.2, 0) is 0 Å². The molecule has 1 aliphatic heterocycles. The highest BCUT2D eigenvalue weighted by Crippen LogP contribution is 2.19. The third kappa shape index (κ3) is 4.80. The molecule has 0 saturated carbocycles. The highest BCUT2D eigenvalue weighted by Gasteiger charge is 2.19. The summed E-state index contributed by atoms with van der Waals surface area (Å²) in [4.78, 5) is 25.1. The molecule has 0 spiro atoms. The van der Waals surface area contributed by atoms with E-state index in [1.54, 1.807) is 0 Å². The SMILES string of the molecule is O=C(Nc1cnc(N2CCN(c3ccccc3)CC2)nc1)Nc1cc(F)cc(F)c1. The molecule has 1 aromatic heterocycles. The largest absolute Gasteiger partial charge is 0.368 e. The fraction of sp³-hybridized carbons (Fsp3) is 0.190. The van der Waals surface area contributed by atoms with Gasteiger partial charge in [0.1, 0.15) is 11.6 Å². The van der Waals surface area contributed by atoms with E-state index in [2.05, 4.69) is 42.5 Å². The molecule has 2 heterocycles. The smallest absolute Gasteiger partial charge is 0.323 e. The number of nitrogens with zero attached hydrogens (tertiary/aromatic N) is 4. The lowest BCUT2D eigenvalue weighted by Crippen LogP contribution is -2.47. The molecule has 7 nitrogen and oxygen atoms in total. The Hall–Kier alpha value is -3.75. The number of benzene rings is 2. The summed E-state index contributed by atoms with van der Waals surface area (Å²) in [5.74, 6) is -0.962. The number of carbonyl (C=O) groups is 1. The molecule has 0 atom stereocenters. The van der Waals surface area contributed by atoms with Gasteiger partial charge >= 0.3 is 6.03 Å². The molecule has 154 valence electrons. The Kier molecular flexibility index (Phi) is 5.69. The second-order valence-corrected chi connectivity index (χ2v) is 6.82. The molecule has 2 N–H and O–H groups in total. The van der Waals surface area contributed by atoms with E-state index in [0.717, 1.165) is 44.4 Å². The first-order valence-corrected chi connectivity index (χ1v) is 9.48. The number of rotatable bonds is 4. The van der Waals surface area contributed by atoms with Crippen molar-refractivity contribution in [3.8, 4) is 0 Å². The Morgan fingerprint density at radius 2 is 1.37 bits per heavy atom. The van der Waals surface area contributed by atoms with Gasteiger partial charge in [-0.3, -0.25) is 0 Å². The normalized spacial score (nSPS) is 13.8. The average Bonchev–Trinajstić information content (AvgIpc) is 2.74. The minimum Gasteiger partial charge on any atom is -0.368 e. The highest BCUT2D eigenvalue weighted by molar-refractivity contribution is 5.99. The lowest BCUT2D eigenvalue weighted by Gasteiger charge is -2.36. The summed E-state index contributed by atoms with van der Waals surface area (Å²) in [5, 5.41) is 4.91. The molecular formula is C21H20F2N6O. The van der Waals surface area contributed by atoms with E-state index >= 15 is 0 Å². The third-order valence-corrected chi connectivity index (χ3v) is 4.70. The lowest BCUT2D eigenvalue weighted by atomic mass is 10.2. The molecular weight excluding hydrogens is 390 g/mol. The Balaban J connectivity index is 1.31. The van der Waals surface area contributed by atoms with Crippen molar-refractivity contribution in [1.82, 2.24) is 9.97 Å². The number of carbonyl (C=O) groups excluding carboxylic acids is 1. The van der Waals surface area contributed by atoms with Gasteiger partial charge in [-0.1, -0.05) is 18.2 Å². The molecule has 2 amide bonds. The summed E-state index contributed by atoms with van der Waals surface area (Å²) in [6.07, 6.45) is 3.00. The summed E-state index contributed by atoms with van der Waals surface area (Å²) < 4.78 is 26.4. The zero-order valence-corrected chi connectivity index (χ0v) is 16.1. The fourth-order valence-corrected chi connectivity index (χ4v) is 3.27. The van der Waals surface area contributed by atoms with E-state index in [1.165, 1.54) is 18.1 Å². The Labute approximate surface area is 172 Å². The van der Waals surface area contributed by atoms with Crippen molar-refractivity contribution in [2.45, 2.75) is 0 Å². The summed E-state index contributed by atoms with van der Waals surface area (Å²) in [6.45, 7) is 3.29. The number of hydrogen-bond acceptors (Lipinski definition) is 5. The first-order valence-electron chi connectivity index (χ1n) is 9.48. The molecule has 2 aromatic carbocycles. The van der Waals surface area contributed by atoms with Crippen molar-refractivity contribution in [2.75, 3.05) is 46.6 Å². The predicted octanol–water partition coefficient (Wildman–Crippen LogP) is 3.73. The lowest BCUT2D eigenvalue weighted by molar-refractivity contribution is 0.262. The maximum atomic E-state index is 13.2. The highest BCUT2D eigenvalue weighted by atomic mass is 19.1. The van der Waals surface area contributed by atoms with Gasteiger partial charge in [-0.15, -0.1) is 0 Å². The zero-order valence-electron chi connectivity index (χ0n) is 16.1. The molecule has 9 heteroatoms. The predicted molar refractivity (Wildman–Crippen MR) is 112 cm³/mol. The standard InChI is InChI=1S/C21H20F2N6O/c22-15-10-16(23)12-17(11-15)26-21(30)27-18-13-24-20(25-14-18)29-8-6-28(7-9-29)19-4-2-1-3-5-19/h1-5,10-14H,6-9H2,(H2,26,27,30). The molecule has 30 heavy (non-hydrogen) atoms. The number of urea groups is 1. The number of amides is 2. The van der Waals surface area contributed by atoms with E-state index in [1.807, 2.05) is 18.2 Å². The quantitative estimate of drug-likeness (QED) is 0.686. The van der Waals surface area contributed by atoms with Gasteiger partial charge in [0.05, 0.1) is 18.1 Å². The van der Waals surface area contributed by atoms with Gasteiger partial charge in [-0.05, 0) is 24.3 Å².